The minimum Gasteiger partial charge on any atom is -0.374 e. The molecule has 3 saturated heterocycles. The largest absolute Gasteiger partial charge is 0.417 e. The predicted octanol–water partition coefficient (Wildman–Crippen LogP) is 3.02. The molecule has 0 saturated carbocycles. The molecule has 1 amide bonds. The van der Waals surface area contributed by atoms with Crippen molar-refractivity contribution in [2.24, 2.45) is 0 Å². The van der Waals surface area contributed by atoms with Gasteiger partial charge in [0.1, 0.15) is 0 Å². The zero-order valence-corrected chi connectivity index (χ0v) is 17.5. The fraction of sp³-hybridized carbons (Fsp3) is 0.478. The van der Waals surface area contributed by atoms with E-state index in [-0.39, 0.29) is 18.4 Å². The highest BCUT2D eigenvalue weighted by molar-refractivity contribution is 5.79. The van der Waals surface area contributed by atoms with Gasteiger partial charge in [-0.15, -0.1) is 0 Å². The van der Waals surface area contributed by atoms with Crippen LogP contribution in [0.3, 0.4) is 0 Å². The van der Waals surface area contributed by atoms with Gasteiger partial charge in [-0.1, -0.05) is 12.1 Å². The maximum absolute atomic E-state index is 12.9. The number of rotatable bonds is 5. The molecule has 5 rings (SSSR count). The monoisotopic (exact) mass is 446 g/mol. The summed E-state index contributed by atoms with van der Waals surface area (Å²) in [7, 11) is 0. The number of benzene rings is 1. The number of hydrogen-bond donors (Lipinski definition) is 1. The average molecular weight is 446 g/mol. The first-order valence-corrected chi connectivity index (χ1v) is 10.9. The van der Waals surface area contributed by atoms with Crippen molar-refractivity contribution in [2.45, 2.75) is 43.6 Å². The molecule has 1 N–H and O–H groups in total. The van der Waals surface area contributed by atoms with E-state index in [1.54, 1.807) is 0 Å². The highest BCUT2D eigenvalue weighted by Gasteiger charge is 2.39. The molecule has 0 aliphatic carbocycles. The van der Waals surface area contributed by atoms with Crippen LogP contribution in [-0.2, 0) is 22.1 Å². The number of carbonyl (C=O) groups is 1. The van der Waals surface area contributed by atoms with Crippen molar-refractivity contribution >= 4 is 17.3 Å². The van der Waals surface area contributed by atoms with Crippen molar-refractivity contribution in [3.8, 4) is 0 Å². The van der Waals surface area contributed by atoms with Crippen LogP contribution < -0.4 is 15.1 Å². The second-order valence-electron chi connectivity index (χ2n) is 8.77. The number of carbonyl (C=O) groups excluding carboxylic acids is 1. The van der Waals surface area contributed by atoms with E-state index in [1.807, 2.05) is 17.0 Å². The van der Waals surface area contributed by atoms with Crippen LogP contribution in [0, 0.1) is 0 Å². The Bertz CT molecular complexity index is 982. The van der Waals surface area contributed by atoms with Gasteiger partial charge < -0.3 is 19.9 Å². The Morgan fingerprint density at radius 3 is 2.66 bits per heavy atom. The topological polar surface area (TPSA) is 57.7 Å². The number of aromatic nitrogens is 1. The van der Waals surface area contributed by atoms with Crippen LogP contribution in [0.4, 0.5) is 24.5 Å². The van der Waals surface area contributed by atoms with E-state index >= 15 is 0 Å². The fourth-order valence-corrected chi connectivity index (χ4v) is 4.85. The third-order valence-corrected chi connectivity index (χ3v) is 6.50. The quantitative estimate of drug-likeness (QED) is 0.765. The number of anilines is 2. The molecule has 32 heavy (non-hydrogen) atoms. The van der Waals surface area contributed by atoms with Gasteiger partial charge in [-0.25, -0.2) is 0 Å². The molecule has 4 heterocycles. The van der Waals surface area contributed by atoms with Crippen LogP contribution in [0.1, 0.15) is 24.0 Å². The fourth-order valence-electron chi connectivity index (χ4n) is 4.85. The van der Waals surface area contributed by atoms with E-state index < -0.39 is 11.7 Å². The Kier molecular flexibility index (Phi) is 5.44. The Morgan fingerprint density at radius 1 is 1.16 bits per heavy atom. The molecule has 2 aromatic rings. The zero-order chi connectivity index (χ0) is 22.3. The first-order valence-electron chi connectivity index (χ1n) is 10.9. The summed E-state index contributed by atoms with van der Waals surface area (Å²) in [5.74, 6) is -0.0830. The summed E-state index contributed by atoms with van der Waals surface area (Å²) in [6.07, 6.45) is 0.207. The van der Waals surface area contributed by atoms with Gasteiger partial charge in [0.15, 0.2) is 0 Å². The molecule has 0 spiro atoms. The predicted molar refractivity (Wildman–Crippen MR) is 114 cm³/mol. The molecule has 6 nitrogen and oxygen atoms in total. The molecule has 3 fully saturated rings. The molecule has 3 atom stereocenters. The number of hydrogen-bond acceptors (Lipinski definition) is 5. The summed E-state index contributed by atoms with van der Waals surface area (Å²) in [6, 6.07) is 9.54. The highest BCUT2D eigenvalue weighted by Crippen LogP contribution is 2.33. The number of nitrogens with one attached hydrogen (secondary N) is 1. The van der Waals surface area contributed by atoms with E-state index in [2.05, 4.69) is 27.3 Å². The van der Waals surface area contributed by atoms with Crippen LogP contribution in [-0.4, -0.2) is 55.3 Å². The van der Waals surface area contributed by atoms with Gasteiger partial charge in [-0.3, -0.25) is 9.78 Å². The van der Waals surface area contributed by atoms with Gasteiger partial charge in [0.05, 0.1) is 42.6 Å². The summed E-state index contributed by atoms with van der Waals surface area (Å²) in [6.45, 7) is 2.74. The molecule has 9 heteroatoms. The van der Waals surface area contributed by atoms with Gasteiger partial charge in [0.25, 0.3) is 0 Å². The maximum Gasteiger partial charge on any atom is 0.417 e. The molecular weight excluding hydrogens is 421 g/mol. The SMILES string of the molecule is O=C(Cc1ccc(N2CC3CC2CO3)cc1)N[C@@H]1CCN(c2cncc(C(F)(F)F)c2)C1. The van der Waals surface area contributed by atoms with E-state index in [0.717, 1.165) is 43.1 Å². The second-order valence-corrected chi connectivity index (χ2v) is 8.77. The summed E-state index contributed by atoms with van der Waals surface area (Å²) < 4.78 is 44.5. The van der Waals surface area contributed by atoms with Gasteiger partial charge in [-0.05, 0) is 36.6 Å². The number of fused-ring (bicyclic) bond motifs is 2. The molecule has 0 radical (unpaired) electrons. The lowest BCUT2D eigenvalue weighted by atomic mass is 10.1. The van der Waals surface area contributed by atoms with E-state index in [1.165, 1.54) is 6.20 Å². The molecule has 1 aromatic carbocycles. The third-order valence-electron chi connectivity index (χ3n) is 6.50. The number of alkyl halides is 3. The number of halogens is 3. The summed E-state index contributed by atoms with van der Waals surface area (Å²) in [4.78, 5) is 20.4. The van der Waals surface area contributed by atoms with Crippen LogP contribution >= 0.6 is 0 Å². The molecule has 3 aliphatic rings. The van der Waals surface area contributed by atoms with Crippen LogP contribution in [0.25, 0.3) is 0 Å². The number of amides is 1. The van der Waals surface area contributed by atoms with Crippen molar-refractivity contribution in [1.29, 1.82) is 0 Å². The first-order chi connectivity index (χ1) is 15.3. The lowest BCUT2D eigenvalue weighted by Crippen LogP contribution is -2.38. The lowest BCUT2D eigenvalue weighted by Gasteiger charge is -2.29. The average Bonchev–Trinajstić information content (AvgIpc) is 3.51. The normalized spacial score (nSPS) is 24.9. The smallest absolute Gasteiger partial charge is 0.374 e. The number of morpholine rings is 1. The van der Waals surface area contributed by atoms with Gasteiger partial charge >= 0.3 is 6.18 Å². The van der Waals surface area contributed by atoms with Crippen molar-refractivity contribution in [1.82, 2.24) is 10.3 Å². The Morgan fingerprint density at radius 2 is 1.97 bits per heavy atom. The van der Waals surface area contributed by atoms with E-state index in [9.17, 15) is 18.0 Å². The summed E-state index contributed by atoms with van der Waals surface area (Å²) in [5, 5.41) is 3.01. The molecule has 2 bridgehead atoms. The molecule has 170 valence electrons. The minimum atomic E-state index is -4.42. The van der Waals surface area contributed by atoms with Crippen molar-refractivity contribution in [2.75, 3.05) is 36.0 Å². The summed E-state index contributed by atoms with van der Waals surface area (Å²) in [5.41, 5.74) is 1.75. The van der Waals surface area contributed by atoms with Gasteiger partial charge in [0, 0.05) is 37.6 Å². The Labute approximate surface area is 184 Å². The lowest BCUT2D eigenvalue weighted by molar-refractivity contribution is -0.137. The molecule has 2 unspecified atom stereocenters. The second kappa shape index (κ2) is 8.27. The maximum atomic E-state index is 12.9. The third kappa shape index (κ3) is 4.39. The van der Waals surface area contributed by atoms with Crippen LogP contribution in [0.15, 0.2) is 42.7 Å². The van der Waals surface area contributed by atoms with Gasteiger partial charge in [0.2, 0.25) is 5.91 Å². The number of pyridine rings is 1. The molecular formula is C23H25F3N4O2. The summed E-state index contributed by atoms with van der Waals surface area (Å²) >= 11 is 0. The standard InChI is InChI=1S/C23H25F3N4O2/c24-23(25,26)16-8-19(11-27-10-16)29-6-5-17(12-29)28-22(31)7-15-1-3-18(4-2-15)30-13-21-9-20(30)14-32-21/h1-4,8,10-11,17,20-21H,5-7,9,12-14H2,(H,28,31)/t17-,20?,21?/m1/s1. The van der Waals surface area contributed by atoms with Crippen molar-refractivity contribution in [3.63, 3.8) is 0 Å². The number of nitrogens with zero attached hydrogens (tertiary/aromatic N) is 3. The molecule has 1 aromatic heterocycles. The highest BCUT2D eigenvalue weighted by atomic mass is 19.4. The number of ether oxygens (including phenoxy) is 1. The zero-order valence-electron chi connectivity index (χ0n) is 17.5. The van der Waals surface area contributed by atoms with E-state index in [4.69, 9.17) is 4.74 Å². The van der Waals surface area contributed by atoms with Gasteiger partial charge in [-0.2, -0.15) is 13.2 Å². The van der Waals surface area contributed by atoms with Crippen LogP contribution in [0.2, 0.25) is 0 Å². The van der Waals surface area contributed by atoms with Crippen molar-refractivity contribution in [3.05, 3.63) is 53.9 Å². The van der Waals surface area contributed by atoms with E-state index in [0.29, 0.717) is 37.3 Å². The molecule has 3 aliphatic heterocycles. The Hall–Kier alpha value is -2.81. The first kappa shape index (κ1) is 21.1. The Balaban J connectivity index is 1.14. The van der Waals surface area contributed by atoms with Crippen molar-refractivity contribution < 1.29 is 22.7 Å². The van der Waals surface area contributed by atoms with Crippen LogP contribution in [0.5, 0.6) is 0 Å². The minimum absolute atomic E-state index is 0.0830.